The second-order valence-electron chi connectivity index (χ2n) is 10.4. The molecule has 2 unspecified atom stereocenters. The molecule has 0 saturated carbocycles. The second-order valence-corrected chi connectivity index (χ2v) is 11.3. The van der Waals surface area contributed by atoms with Gasteiger partial charge in [0.2, 0.25) is 5.95 Å². The van der Waals surface area contributed by atoms with Crippen LogP contribution in [0.4, 0.5) is 20.8 Å². The predicted octanol–water partition coefficient (Wildman–Crippen LogP) is 5.87. The third-order valence-corrected chi connectivity index (χ3v) is 6.99. The Labute approximate surface area is 233 Å². The molecule has 208 valence electrons. The normalized spacial score (nSPS) is 17.4. The molecule has 5 rings (SSSR count). The predicted molar refractivity (Wildman–Crippen MR) is 148 cm³/mol. The lowest BCUT2D eigenvalue weighted by molar-refractivity contribution is -0.145. The summed E-state index contributed by atoms with van der Waals surface area (Å²) in [5, 5.41) is 16.2. The summed E-state index contributed by atoms with van der Waals surface area (Å²) < 4.78 is 25.4. The molecule has 12 heteroatoms. The summed E-state index contributed by atoms with van der Waals surface area (Å²) in [5.41, 5.74) is 1.06. The molecule has 3 heterocycles. The SMILES string of the molecule is CC(C)(C)OC(=O)N1CCC(Oc2cc3nc(Nc4cccc(F)c4)ncc3cc2-c2nccs2)CC1C(=O)O. The molecule has 0 radical (unpaired) electrons. The number of ether oxygens (including phenoxy) is 2. The van der Waals surface area contributed by atoms with E-state index in [-0.39, 0.29) is 24.7 Å². The number of carbonyl (C=O) groups is 2. The molecule has 0 bridgehead atoms. The lowest BCUT2D eigenvalue weighted by Crippen LogP contribution is -2.53. The van der Waals surface area contributed by atoms with E-state index in [0.29, 0.717) is 23.4 Å². The van der Waals surface area contributed by atoms with Gasteiger partial charge in [0.1, 0.15) is 34.3 Å². The first-order chi connectivity index (χ1) is 19.1. The fourth-order valence-corrected chi connectivity index (χ4v) is 5.09. The van der Waals surface area contributed by atoms with Crippen LogP contribution in [0.3, 0.4) is 0 Å². The standard InChI is InChI=1S/C28H28FN5O5S/c1-28(2,3)39-27(37)34-9-7-19(13-22(34)25(35)36)38-23-14-21-16(11-20(23)24-30-8-10-40-24)15-31-26(33-21)32-18-6-4-5-17(29)12-18/h4-6,8,10-12,14-15,19,22H,7,9,13H2,1-3H3,(H,35,36)(H,31,32,33). The van der Waals surface area contributed by atoms with Crippen molar-refractivity contribution in [2.45, 2.75) is 51.4 Å². The number of anilines is 2. The van der Waals surface area contributed by atoms with Gasteiger partial charge in [-0.2, -0.15) is 0 Å². The number of benzene rings is 2. The fourth-order valence-electron chi connectivity index (χ4n) is 4.43. The molecule has 1 aliphatic rings. The first kappa shape index (κ1) is 27.3. The lowest BCUT2D eigenvalue weighted by atomic mass is 9.99. The van der Waals surface area contributed by atoms with Gasteiger partial charge in [0.15, 0.2) is 0 Å². The van der Waals surface area contributed by atoms with Gasteiger partial charge in [-0.05, 0) is 45.0 Å². The van der Waals surface area contributed by atoms with Crippen LogP contribution in [-0.2, 0) is 9.53 Å². The second kappa shape index (κ2) is 11.0. The minimum atomic E-state index is -1.13. The molecular formula is C28H28FN5O5S. The summed E-state index contributed by atoms with van der Waals surface area (Å²) in [5.74, 6) is -0.744. The van der Waals surface area contributed by atoms with Crippen molar-refractivity contribution in [3.8, 4) is 16.3 Å². The Balaban J connectivity index is 1.43. The number of nitrogens with zero attached hydrogens (tertiary/aromatic N) is 4. The molecule has 4 aromatic rings. The molecule has 1 aliphatic heterocycles. The number of nitrogens with one attached hydrogen (secondary N) is 1. The topological polar surface area (TPSA) is 127 Å². The zero-order valence-corrected chi connectivity index (χ0v) is 22.9. The molecule has 1 saturated heterocycles. The number of hydrogen-bond donors (Lipinski definition) is 2. The molecule has 1 amide bonds. The van der Waals surface area contributed by atoms with Gasteiger partial charge in [0.05, 0.1) is 11.1 Å². The summed E-state index contributed by atoms with van der Waals surface area (Å²) >= 11 is 1.44. The highest BCUT2D eigenvalue weighted by atomic mass is 32.1. The van der Waals surface area contributed by atoms with Crippen LogP contribution in [0, 0.1) is 5.82 Å². The Morgan fingerprint density at radius 3 is 2.73 bits per heavy atom. The van der Waals surface area contributed by atoms with E-state index in [2.05, 4.69) is 20.3 Å². The van der Waals surface area contributed by atoms with Crippen molar-refractivity contribution in [1.29, 1.82) is 0 Å². The highest BCUT2D eigenvalue weighted by molar-refractivity contribution is 7.13. The lowest BCUT2D eigenvalue weighted by Gasteiger charge is -2.37. The van der Waals surface area contributed by atoms with Crippen molar-refractivity contribution < 1.29 is 28.6 Å². The summed E-state index contributed by atoms with van der Waals surface area (Å²) in [6, 6.07) is 8.53. The molecule has 0 aliphatic carbocycles. The van der Waals surface area contributed by atoms with Crippen LogP contribution in [-0.4, -0.2) is 61.3 Å². The van der Waals surface area contributed by atoms with Gasteiger partial charge in [0.25, 0.3) is 0 Å². The van der Waals surface area contributed by atoms with Crippen molar-refractivity contribution in [3.05, 3.63) is 60.0 Å². The maximum atomic E-state index is 13.6. The summed E-state index contributed by atoms with van der Waals surface area (Å²) in [6.45, 7) is 5.37. The highest BCUT2D eigenvalue weighted by Gasteiger charge is 2.39. The van der Waals surface area contributed by atoms with Crippen LogP contribution in [0.5, 0.6) is 5.75 Å². The van der Waals surface area contributed by atoms with Crippen LogP contribution in [0.1, 0.15) is 33.6 Å². The molecular weight excluding hydrogens is 537 g/mol. The Morgan fingerprint density at radius 2 is 2.02 bits per heavy atom. The molecule has 40 heavy (non-hydrogen) atoms. The number of carbonyl (C=O) groups excluding carboxylic acids is 1. The Morgan fingerprint density at radius 1 is 1.20 bits per heavy atom. The van der Waals surface area contributed by atoms with Crippen LogP contribution in [0.2, 0.25) is 0 Å². The molecule has 2 N–H and O–H groups in total. The van der Waals surface area contributed by atoms with Crippen molar-refractivity contribution in [3.63, 3.8) is 0 Å². The van der Waals surface area contributed by atoms with Gasteiger partial charge < -0.3 is 19.9 Å². The molecule has 2 atom stereocenters. The number of aliphatic carboxylic acids is 1. The summed E-state index contributed by atoms with van der Waals surface area (Å²) in [7, 11) is 0. The monoisotopic (exact) mass is 565 g/mol. The number of hydrogen-bond acceptors (Lipinski definition) is 9. The van der Waals surface area contributed by atoms with Crippen LogP contribution in [0.25, 0.3) is 21.5 Å². The number of rotatable bonds is 6. The maximum Gasteiger partial charge on any atom is 0.411 e. The van der Waals surface area contributed by atoms with Gasteiger partial charge in [0, 0.05) is 54.3 Å². The highest BCUT2D eigenvalue weighted by Crippen LogP contribution is 2.37. The smallest absolute Gasteiger partial charge is 0.411 e. The van der Waals surface area contributed by atoms with Crippen molar-refractivity contribution in [1.82, 2.24) is 19.9 Å². The number of carboxylic acid groups (broad SMARTS) is 1. The van der Waals surface area contributed by atoms with E-state index in [1.807, 2.05) is 11.4 Å². The number of aromatic nitrogens is 3. The van der Waals surface area contributed by atoms with Gasteiger partial charge in [-0.25, -0.2) is 28.9 Å². The van der Waals surface area contributed by atoms with E-state index in [4.69, 9.17) is 9.47 Å². The maximum absolute atomic E-state index is 13.6. The average molecular weight is 566 g/mol. The zero-order chi connectivity index (χ0) is 28.4. The number of thiazole rings is 1. The van der Waals surface area contributed by atoms with E-state index in [0.717, 1.165) is 16.0 Å². The number of amides is 1. The Kier molecular flexibility index (Phi) is 7.53. The molecule has 2 aromatic carbocycles. The van der Waals surface area contributed by atoms with Crippen molar-refractivity contribution in [2.24, 2.45) is 0 Å². The van der Waals surface area contributed by atoms with E-state index in [1.165, 1.54) is 28.4 Å². The summed E-state index contributed by atoms with van der Waals surface area (Å²) in [6.07, 6.45) is 2.69. The molecule has 10 nitrogen and oxygen atoms in total. The Hall–Kier alpha value is -4.32. The van der Waals surface area contributed by atoms with Gasteiger partial charge >= 0.3 is 12.1 Å². The van der Waals surface area contributed by atoms with E-state index in [1.54, 1.807) is 51.4 Å². The molecule has 0 spiro atoms. The largest absolute Gasteiger partial charge is 0.489 e. The van der Waals surface area contributed by atoms with E-state index < -0.39 is 29.8 Å². The first-order valence-electron chi connectivity index (χ1n) is 12.7. The fraction of sp³-hybridized carbons (Fsp3) is 0.321. The number of piperidine rings is 1. The third-order valence-electron chi connectivity index (χ3n) is 6.19. The van der Waals surface area contributed by atoms with Gasteiger partial charge in [-0.3, -0.25) is 4.90 Å². The van der Waals surface area contributed by atoms with Gasteiger partial charge in [-0.15, -0.1) is 11.3 Å². The number of halogens is 1. The molecule has 2 aromatic heterocycles. The number of likely N-dealkylation sites (tertiary alicyclic amines) is 1. The number of fused-ring (bicyclic) bond motifs is 1. The van der Waals surface area contributed by atoms with E-state index in [9.17, 15) is 19.1 Å². The summed E-state index contributed by atoms with van der Waals surface area (Å²) in [4.78, 5) is 39.4. The van der Waals surface area contributed by atoms with Crippen molar-refractivity contribution in [2.75, 3.05) is 11.9 Å². The van der Waals surface area contributed by atoms with Gasteiger partial charge in [-0.1, -0.05) is 6.07 Å². The average Bonchev–Trinajstić information content (AvgIpc) is 3.42. The Bertz CT molecular complexity index is 1540. The third kappa shape index (κ3) is 6.28. The first-order valence-corrected chi connectivity index (χ1v) is 13.6. The van der Waals surface area contributed by atoms with Crippen molar-refractivity contribution >= 4 is 45.9 Å². The molecule has 1 fully saturated rings. The quantitative estimate of drug-likeness (QED) is 0.295. The minimum Gasteiger partial charge on any atom is -0.489 e. The number of carboxylic acids is 1. The van der Waals surface area contributed by atoms with E-state index >= 15 is 0 Å². The van der Waals surface area contributed by atoms with Crippen LogP contribution in [0.15, 0.2) is 54.2 Å². The minimum absolute atomic E-state index is 0.0834. The van der Waals surface area contributed by atoms with Crippen LogP contribution >= 0.6 is 11.3 Å². The van der Waals surface area contributed by atoms with Crippen LogP contribution < -0.4 is 10.1 Å². The zero-order valence-electron chi connectivity index (χ0n) is 22.1.